The molecule has 0 saturated heterocycles. The van der Waals surface area contributed by atoms with Crippen LogP contribution in [0.4, 0.5) is 11.4 Å². The number of nitrogen functional groups attached to an aromatic ring is 1. The minimum Gasteiger partial charge on any atom is -0.397 e. The fourth-order valence-electron chi connectivity index (χ4n) is 2.43. The standard InChI is InChI=1S/C13H20N2O3S/c1-19(17,18)10-5-6-12(11(14)7-10)15-8-9-3-2-4-13(9)16/h5-7,9,13,15-16H,2-4,8,14H2,1H3. The van der Waals surface area contributed by atoms with Crippen molar-refractivity contribution in [2.45, 2.75) is 30.3 Å². The van der Waals surface area contributed by atoms with E-state index in [1.807, 2.05) is 0 Å². The van der Waals surface area contributed by atoms with E-state index in [0.29, 0.717) is 17.9 Å². The lowest BCUT2D eigenvalue weighted by Crippen LogP contribution is -2.22. The lowest BCUT2D eigenvalue weighted by atomic mass is 10.1. The molecule has 0 bridgehead atoms. The van der Waals surface area contributed by atoms with Crippen LogP contribution in [0.2, 0.25) is 0 Å². The highest BCUT2D eigenvalue weighted by Crippen LogP contribution is 2.27. The summed E-state index contributed by atoms with van der Waals surface area (Å²) in [6.07, 6.45) is 3.83. The number of nitrogens with one attached hydrogen (secondary N) is 1. The monoisotopic (exact) mass is 284 g/mol. The number of rotatable bonds is 4. The molecule has 1 saturated carbocycles. The maximum absolute atomic E-state index is 11.4. The lowest BCUT2D eigenvalue weighted by Gasteiger charge is -2.17. The second kappa shape index (κ2) is 5.38. The largest absolute Gasteiger partial charge is 0.397 e. The van der Waals surface area contributed by atoms with Crippen molar-refractivity contribution < 1.29 is 13.5 Å². The molecule has 2 atom stereocenters. The molecule has 0 aromatic heterocycles. The molecule has 1 aliphatic rings. The second-order valence-corrected chi connectivity index (χ2v) is 7.18. The van der Waals surface area contributed by atoms with Crippen molar-refractivity contribution in [3.05, 3.63) is 18.2 Å². The minimum absolute atomic E-state index is 0.219. The first-order valence-corrected chi connectivity index (χ1v) is 8.28. The number of aliphatic hydroxyl groups excluding tert-OH is 1. The average molecular weight is 284 g/mol. The number of aliphatic hydroxyl groups is 1. The molecule has 2 unspecified atom stereocenters. The van der Waals surface area contributed by atoms with Crippen LogP contribution in [-0.4, -0.2) is 32.4 Å². The highest BCUT2D eigenvalue weighted by atomic mass is 32.2. The van der Waals surface area contributed by atoms with Gasteiger partial charge in [-0.05, 0) is 31.0 Å². The van der Waals surface area contributed by atoms with Gasteiger partial charge >= 0.3 is 0 Å². The first kappa shape index (κ1) is 14.1. The van der Waals surface area contributed by atoms with Crippen LogP contribution in [0.1, 0.15) is 19.3 Å². The Hall–Kier alpha value is -1.27. The van der Waals surface area contributed by atoms with Gasteiger partial charge in [0.1, 0.15) is 0 Å². The van der Waals surface area contributed by atoms with Gasteiger partial charge in [0.25, 0.3) is 0 Å². The van der Waals surface area contributed by atoms with Crippen molar-refractivity contribution in [3.8, 4) is 0 Å². The van der Waals surface area contributed by atoms with E-state index in [4.69, 9.17) is 5.73 Å². The second-order valence-electron chi connectivity index (χ2n) is 5.16. The Balaban J connectivity index is 2.05. The number of sulfone groups is 1. The average Bonchev–Trinajstić information content (AvgIpc) is 2.72. The van der Waals surface area contributed by atoms with Crippen LogP contribution in [0.3, 0.4) is 0 Å². The molecule has 1 fully saturated rings. The smallest absolute Gasteiger partial charge is 0.175 e. The van der Waals surface area contributed by atoms with Crippen molar-refractivity contribution in [1.29, 1.82) is 0 Å². The molecular formula is C13H20N2O3S. The third kappa shape index (κ3) is 3.39. The van der Waals surface area contributed by atoms with Crippen molar-refractivity contribution in [3.63, 3.8) is 0 Å². The van der Waals surface area contributed by atoms with E-state index in [-0.39, 0.29) is 16.9 Å². The van der Waals surface area contributed by atoms with Gasteiger partial charge in [0.15, 0.2) is 9.84 Å². The van der Waals surface area contributed by atoms with Gasteiger partial charge in [0.05, 0.1) is 22.4 Å². The molecule has 106 valence electrons. The van der Waals surface area contributed by atoms with Gasteiger partial charge in [-0.15, -0.1) is 0 Å². The Bertz CT molecular complexity index is 557. The molecule has 0 heterocycles. The van der Waals surface area contributed by atoms with E-state index < -0.39 is 9.84 Å². The molecule has 0 spiro atoms. The van der Waals surface area contributed by atoms with E-state index in [1.54, 1.807) is 12.1 Å². The summed E-state index contributed by atoms with van der Waals surface area (Å²) in [4.78, 5) is 0.219. The highest BCUT2D eigenvalue weighted by molar-refractivity contribution is 7.90. The van der Waals surface area contributed by atoms with Crippen LogP contribution in [0.15, 0.2) is 23.1 Å². The molecule has 5 nitrogen and oxygen atoms in total. The van der Waals surface area contributed by atoms with Crippen molar-refractivity contribution >= 4 is 21.2 Å². The number of nitrogens with two attached hydrogens (primary N) is 1. The number of hydrogen-bond donors (Lipinski definition) is 3. The van der Waals surface area contributed by atoms with Crippen molar-refractivity contribution in [1.82, 2.24) is 0 Å². The summed E-state index contributed by atoms with van der Waals surface area (Å²) in [5.74, 6) is 0.244. The van der Waals surface area contributed by atoms with Crippen LogP contribution in [0.5, 0.6) is 0 Å². The lowest BCUT2D eigenvalue weighted by molar-refractivity contribution is 0.138. The Morgan fingerprint density at radius 2 is 2.16 bits per heavy atom. The third-order valence-electron chi connectivity index (χ3n) is 3.62. The zero-order valence-electron chi connectivity index (χ0n) is 11.0. The summed E-state index contributed by atoms with van der Waals surface area (Å²) in [6, 6.07) is 4.68. The SMILES string of the molecule is CS(=O)(=O)c1ccc(NCC2CCCC2O)c(N)c1. The maximum atomic E-state index is 11.4. The molecule has 0 aliphatic heterocycles. The van der Waals surface area contributed by atoms with Gasteiger partial charge in [-0.2, -0.15) is 0 Å². The van der Waals surface area contributed by atoms with Crippen LogP contribution in [-0.2, 0) is 9.84 Å². The molecule has 19 heavy (non-hydrogen) atoms. The first-order valence-electron chi connectivity index (χ1n) is 6.39. The molecule has 4 N–H and O–H groups in total. The van der Waals surface area contributed by atoms with Gasteiger partial charge < -0.3 is 16.2 Å². The molecule has 6 heteroatoms. The van der Waals surface area contributed by atoms with Crippen LogP contribution < -0.4 is 11.1 Å². The summed E-state index contributed by atoms with van der Waals surface area (Å²) in [6.45, 7) is 0.656. The summed E-state index contributed by atoms with van der Waals surface area (Å²) >= 11 is 0. The summed E-state index contributed by atoms with van der Waals surface area (Å²) in [7, 11) is -3.23. The highest BCUT2D eigenvalue weighted by Gasteiger charge is 2.24. The van der Waals surface area contributed by atoms with Crippen molar-refractivity contribution in [2.75, 3.05) is 23.9 Å². The quantitative estimate of drug-likeness (QED) is 0.724. The molecule has 1 aliphatic carbocycles. The Morgan fingerprint density at radius 1 is 1.42 bits per heavy atom. The summed E-state index contributed by atoms with van der Waals surface area (Å²) in [5.41, 5.74) is 6.97. The van der Waals surface area contributed by atoms with Crippen LogP contribution in [0.25, 0.3) is 0 Å². The third-order valence-corrected chi connectivity index (χ3v) is 4.74. The fourth-order valence-corrected chi connectivity index (χ4v) is 3.09. The normalized spacial score (nSPS) is 23.5. The van der Waals surface area contributed by atoms with Crippen LogP contribution in [0, 0.1) is 5.92 Å². The molecule has 0 radical (unpaired) electrons. The van der Waals surface area contributed by atoms with E-state index in [0.717, 1.165) is 25.5 Å². The molecular weight excluding hydrogens is 264 g/mol. The minimum atomic E-state index is -3.23. The summed E-state index contributed by atoms with van der Waals surface area (Å²) in [5, 5.41) is 12.9. The van der Waals surface area contributed by atoms with Crippen molar-refractivity contribution in [2.24, 2.45) is 5.92 Å². The van der Waals surface area contributed by atoms with E-state index >= 15 is 0 Å². The summed E-state index contributed by atoms with van der Waals surface area (Å²) < 4.78 is 22.8. The zero-order valence-corrected chi connectivity index (χ0v) is 11.8. The van der Waals surface area contributed by atoms with Crippen LogP contribution >= 0.6 is 0 Å². The Labute approximate surface area is 113 Å². The van der Waals surface area contributed by atoms with Gasteiger partial charge in [0, 0.05) is 18.7 Å². The molecule has 0 amide bonds. The Morgan fingerprint density at radius 3 is 2.68 bits per heavy atom. The maximum Gasteiger partial charge on any atom is 0.175 e. The van der Waals surface area contributed by atoms with Gasteiger partial charge in [0.2, 0.25) is 0 Å². The van der Waals surface area contributed by atoms with E-state index in [9.17, 15) is 13.5 Å². The predicted molar refractivity (Wildman–Crippen MR) is 75.8 cm³/mol. The molecule has 1 aromatic rings. The van der Waals surface area contributed by atoms with Gasteiger partial charge in [-0.1, -0.05) is 6.42 Å². The zero-order chi connectivity index (χ0) is 14.0. The number of hydrogen-bond acceptors (Lipinski definition) is 5. The Kier molecular flexibility index (Phi) is 4.01. The van der Waals surface area contributed by atoms with Gasteiger partial charge in [-0.3, -0.25) is 0 Å². The predicted octanol–water partition coefficient (Wildman–Crippen LogP) is 1.25. The van der Waals surface area contributed by atoms with E-state index in [2.05, 4.69) is 5.32 Å². The van der Waals surface area contributed by atoms with E-state index in [1.165, 1.54) is 6.07 Å². The topological polar surface area (TPSA) is 92.4 Å². The molecule has 2 rings (SSSR count). The number of benzene rings is 1. The van der Waals surface area contributed by atoms with Gasteiger partial charge in [-0.25, -0.2) is 8.42 Å². The molecule has 1 aromatic carbocycles. The first-order chi connectivity index (χ1) is 8.88. The fraction of sp³-hybridized carbons (Fsp3) is 0.538. The number of anilines is 2.